The molecule has 0 radical (unpaired) electrons. The molecule has 0 saturated heterocycles. The van der Waals surface area contributed by atoms with Gasteiger partial charge in [-0.1, -0.05) is 24.3 Å². The normalized spacial score (nSPS) is 19.0. The molecule has 0 bridgehead atoms. The van der Waals surface area contributed by atoms with Crippen LogP contribution in [0.2, 0.25) is 0 Å². The van der Waals surface area contributed by atoms with Gasteiger partial charge < -0.3 is 5.32 Å². The molecule has 1 unspecified atom stereocenters. The Labute approximate surface area is 132 Å². The van der Waals surface area contributed by atoms with Crippen LogP contribution in [0.3, 0.4) is 0 Å². The summed E-state index contributed by atoms with van der Waals surface area (Å²) in [5.74, 6) is 0. The van der Waals surface area contributed by atoms with E-state index in [0.29, 0.717) is 6.04 Å². The topological polar surface area (TPSA) is 15.3 Å². The summed E-state index contributed by atoms with van der Waals surface area (Å²) in [5.41, 5.74) is 2.99. The first-order valence-corrected chi connectivity index (χ1v) is 8.62. The molecule has 3 rings (SSSR count). The number of rotatable bonds is 4. The largest absolute Gasteiger partial charge is 0.318 e. The maximum atomic E-state index is 3.65. The number of thiophene rings is 1. The maximum Gasteiger partial charge on any atom is 0.0346 e. The molecule has 1 aliphatic heterocycles. The highest BCUT2D eigenvalue weighted by Crippen LogP contribution is 2.29. The van der Waals surface area contributed by atoms with Crippen molar-refractivity contribution in [1.82, 2.24) is 10.2 Å². The summed E-state index contributed by atoms with van der Waals surface area (Å²) in [5, 5.41) is 5.50. The van der Waals surface area contributed by atoms with E-state index in [-0.39, 0.29) is 0 Å². The van der Waals surface area contributed by atoms with Crippen molar-refractivity contribution in [3.63, 3.8) is 0 Å². The molecule has 106 valence electrons. The number of benzene rings is 1. The maximum absolute atomic E-state index is 3.65. The minimum atomic E-state index is 0.573. The molecule has 2 aromatic rings. The Kier molecular flexibility index (Phi) is 4.56. The number of halogens is 1. The molecular formula is C16H19BrN2S. The molecule has 1 aliphatic rings. The first-order chi connectivity index (χ1) is 9.78. The second-order valence-electron chi connectivity index (χ2n) is 5.28. The summed E-state index contributed by atoms with van der Waals surface area (Å²) in [4.78, 5) is 4.01. The lowest BCUT2D eigenvalue weighted by Gasteiger charge is -2.36. The molecule has 0 spiro atoms. The fraction of sp³-hybridized carbons (Fsp3) is 0.375. The third-order valence-corrected chi connectivity index (χ3v) is 5.85. The third-order valence-electron chi connectivity index (χ3n) is 3.94. The molecule has 0 fully saturated rings. The molecule has 0 aliphatic carbocycles. The number of hydrogen-bond acceptors (Lipinski definition) is 3. The average molecular weight is 351 g/mol. The van der Waals surface area contributed by atoms with E-state index in [0.717, 1.165) is 26.1 Å². The first-order valence-electron chi connectivity index (χ1n) is 6.95. The van der Waals surface area contributed by atoms with Gasteiger partial charge in [0.2, 0.25) is 0 Å². The summed E-state index contributed by atoms with van der Waals surface area (Å²) >= 11 is 5.49. The van der Waals surface area contributed by atoms with Gasteiger partial charge in [0, 0.05) is 35.0 Å². The van der Waals surface area contributed by atoms with Crippen molar-refractivity contribution in [2.24, 2.45) is 0 Å². The summed E-state index contributed by atoms with van der Waals surface area (Å²) < 4.78 is 1.24. The van der Waals surface area contributed by atoms with Gasteiger partial charge in [-0.15, -0.1) is 11.3 Å². The van der Waals surface area contributed by atoms with Crippen molar-refractivity contribution in [2.75, 3.05) is 13.6 Å². The summed E-state index contributed by atoms with van der Waals surface area (Å²) in [6, 6.07) is 11.6. The summed E-state index contributed by atoms with van der Waals surface area (Å²) in [6.07, 6.45) is 1.14. The highest BCUT2D eigenvalue weighted by Gasteiger charge is 2.26. The highest BCUT2D eigenvalue weighted by atomic mass is 79.9. The molecule has 1 atom stereocenters. The van der Waals surface area contributed by atoms with E-state index in [1.54, 1.807) is 0 Å². The second-order valence-corrected chi connectivity index (χ2v) is 7.14. The third kappa shape index (κ3) is 2.98. The summed E-state index contributed by atoms with van der Waals surface area (Å²) in [6.45, 7) is 3.11. The van der Waals surface area contributed by atoms with Crippen molar-refractivity contribution in [2.45, 2.75) is 25.6 Å². The highest BCUT2D eigenvalue weighted by molar-refractivity contribution is 9.10. The van der Waals surface area contributed by atoms with Gasteiger partial charge in [-0.2, -0.15) is 0 Å². The van der Waals surface area contributed by atoms with E-state index < -0.39 is 0 Å². The van der Waals surface area contributed by atoms with E-state index in [4.69, 9.17) is 0 Å². The second kappa shape index (κ2) is 6.39. The quantitative estimate of drug-likeness (QED) is 0.905. The Morgan fingerprint density at radius 2 is 2.10 bits per heavy atom. The molecule has 0 amide bonds. The predicted octanol–water partition coefficient (Wildman–Crippen LogP) is 3.66. The van der Waals surface area contributed by atoms with E-state index in [1.807, 2.05) is 18.4 Å². The van der Waals surface area contributed by atoms with E-state index in [1.165, 1.54) is 20.5 Å². The van der Waals surface area contributed by atoms with Crippen molar-refractivity contribution in [1.29, 1.82) is 0 Å². The smallest absolute Gasteiger partial charge is 0.0346 e. The SMILES string of the molecule is CNCC1Cc2ccccc2CN1Cc1sccc1Br. The van der Waals surface area contributed by atoms with Crippen LogP contribution in [0.4, 0.5) is 0 Å². The van der Waals surface area contributed by atoms with Gasteiger partial charge in [0.1, 0.15) is 0 Å². The molecule has 20 heavy (non-hydrogen) atoms. The molecule has 0 saturated carbocycles. The Hall–Kier alpha value is -0.680. The zero-order valence-corrected chi connectivity index (χ0v) is 14.0. The first kappa shape index (κ1) is 14.3. The minimum absolute atomic E-state index is 0.573. The lowest BCUT2D eigenvalue weighted by atomic mass is 9.94. The predicted molar refractivity (Wildman–Crippen MR) is 89.1 cm³/mol. The molecule has 1 N–H and O–H groups in total. The van der Waals surface area contributed by atoms with E-state index in [2.05, 4.69) is 61.9 Å². The fourth-order valence-electron chi connectivity index (χ4n) is 2.89. The minimum Gasteiger partial charge on any atom is -0.318 e. The van der Waals surface area contributed by atoms with Gasteiger partial charge in [-0.05, 0) is 52.0 Å². The van der Waals surface area contributed by atoms with Crippen molar-refractivity contribution < 1.29 is 0 Å². The van der Waals surface area contributed by atoms with Gasteiger partial charge in [0.15, 0.2) is 0 Å². The summed E-state index contributed by atoms with van der Waals surface area (Å²) in [7, 11) is 2.04. The Bertz CT molecular complexity index is 581. The lowest BCUT2D eigenvalue weighted by Crippen LogP contribution is -2.45. The number of hydrogen-bond donors (Lipinski definition) is 1. The standard InChI is InChI=1S/C16H19BrN2S/c1-18-9-14-8-12-4-2-3-5-13(12)10-19(14)11-16-15(17)6-7-20-16/h2-7,14,18H,8-11H2,1H3. The van der Waals surface area contributed by atoms with Gasteiger partial charge in [-0.3, -0.25) is 4.90 Å². The zero-order chi connectivity index (χ0) is 13.9. The average Bonchev–Trinajstić information content (AvgIpc) is 2.85. The van der Waals surface area contributed by atoms with E-state index >= 15 is 0 Å². The van der Waals surface area contributed by atoms with Gasteiger partial charge >= 0.3 is 0 Å². The number of fused-ring (bicyclic) bond motifs is 1. The number of likely N-dealkylation sites (N-methyl/N-ethyl adjacent to an activating group) is 1. The van der Waals surface area contributed by atoms with Gasteiger partial charge in [0.25, 0.3) is 0 Å². The van der Waals surface area contributed by atoms with Gasteiger partial charge in [-0.25, -0.2) is 0 Å². The Morgan fingerprint density at radius 1 is 1.30 bits per heavy atom. The number of nitrogens with one attached hydrogen (secondary N) is 1. The molecule has 2 nitrogen and oxygen atoms in total. The Morgan fingerprint density at radius 3 is 2.80 bits per heavy atom. The van der Waals surface area contributed by atoms with Crippen LogP contribution in [-0.2, 0) is 19.5 Å². The van der Waals surface area contributed by atoms with Crippen LogP contribution in [0.5, 0.6) is 0 Å². The van der Waals surface area contributed by atoms with Crippen LogP contribution in [-0.4, -0.2) is 24.5 Å². The van der Waals surface area contributed by atoms with Crippen LogP contribution >= 0.6 is 27.3 Å². The lowest BCUT2D eigenvalue weighted by molar-refractivity contribution is 0.162. The fourth-order valence-corrected chi connectivity index (χ4v) is 4.39. The zero-order valence-electron chi connectivity index (χ0n) is 11.6. The molecule has 1 aromatic heterocycles. The van der Waals surface area contributed by atoms with E-state index in [9.17, 15) is 0 Å². The molecular weight excluding hydrogens is 332 g/mol. The molecule has 1 aromatic carbocycles. The van der Waals surface area contributed by atoms with Crippen molar-refractivity contribution in [3.05, 3.63) is 56.2 Å². The van der Waals surface area contributed by atoms with Gasteiger partial charge in [0.05, 0.1) is 0 Å². The van der Waals surface area contributed by atoms with Crippen molar-refractivity contribution >= 4 is 27.3 Å². The molecule has 2 heterocycles. The van der Waals surface area contributed by atoms with Crippen LogP contribution in [0, 0.1) is 0 Å². The molecule has 4 heteroatoms. The van der Waals surface area contributed by atoms with Crippen LogP contribution < -0.4 is 5.32 Å². The Balaban J connectivity index is 1.83. The van der Waals surface area contributed by atoms with Crippen molar-refractivity contribution in [3.8, 4) is 0 Å². The van der Waals surface area contributed by atoms with Crippen LogP contribution in [0.1, 0.15) is 16.0 Å². The monoisotopic (exact) mass is 350 g/mol. The number of nitrogens with zero attached hydrogens (tertiary/aromatic N) is 1. The van der Waals surface area contributed by atoms with Crippen LogP contribution in [0.25, 0.3) is 0 Å². The van der Waals surface area contributed by atoms with Crippen LogP contribution in [0.15, 0.2) is 40.2 Å².